The smallest absolute Gasteiger partial charge is 0.306 e. The van der Waals surface area contributed by atoms with E-state index in [2.05, 4.69) is 69.4 Å². The van der Waals surface area contributed by atoms with Gasteiger partial charge in [0.05, 0.1) is 0 Å². The number of hydrogen-bond donors (Lipinski definition) is 0. The van der Waals surface area contributed by atoms with E-state index in [4.69, 9.17) is 14.2 Å². The second-order valence-corrected chi connectivity index (χ2v) is 18.8. The number of allylic oxidation sites excluding steroid dienone is 8. The van der Waals surface area contributed by atoms with Gasteiger partial charge in [-0.25, -0.2) is 0 Å². The first-order valence-corrected chi connectivity index (χ1v) is 28.1. The molecule has 0 amide bonds. The monoisotopic (exact) mass is 911 g/mol. The highest BCUT2D eigenvalue weighted by Gasteiger charge is 2.19. The lowest BCUT2D eigenvalue weighted by atomic mass is 10.1. The van der Waals surface area contributed by atoms with Gasteiger partial charge in [-0.3, -0.25) is 14.4 Å². The highest BCUT2D eigenvalue weighted by atomic mass is 16.6. The number of carbonyl (C=O) groups excluding carboxylic acids is 3. The summed E-state index contributed by atoms with van der Waals surface area (Å²) in [5.74, 6) is -0.882. The van der Waals surface area contributed by atoms with Gasteiger partial charge >= 0.3 is 17.9 Å². The molecule has 0 aromatic rings. The molecule has 0 bridgehead atoms. The fraction of sp³-hybridized carbons (Fsp3) is 0.814. The molecule has 0 heterocycles. The number of carbonyl (C=O) groups is 3. The summed E-state index contributed by atoms with van der Waals surface area (Å²) in [6.45, 7) is 6.60. The van der Waals surface area contributed by atoms with Crippen molar-refractivity contribution < 1.29 is 28.6 Å². The van der Waals surface area contributed by atoms with Crippen molar-refractivity contribution in [1.82, 2.24) is 0 Å². The topological polar surface area (TPSA) is 78.9 Å². The summed E-state index contributed by atoms with van der Waals surface area (Å²) in [6.07, 6.45) is 65.4. The average molecular weight is 911 g/mol. The summed E-state index contributed by atoms with van der Waals surface area (Å²) < 4.78 is 16.8. The summed E-state index contributed by atoms with van der Waals surface area (Å²) >= 11 is 0. The van der Waals surface area contributed by atoms with Crippen LogP contribution in [0.2, 0.25) is 0 Å². The molecule has 378 valence electrons. The lowest BCUT2D eigenvalue weighted by molar-refractivity contribution is -0.167. The predicted octanol–water partition coefficient (Wildman–Crippen LogP) is 18.7. The number of rotatable bonds is 51. The lowest BCUT2D eigenvalue weighted by Crippen LogP contribution is -2.30. The van der Waals surface area contributed by atoms with Crippen LogP contribution in [0.3, 0.4) is 0 Å². The van der Waals surface area contributed by atoms with Gasteiger partial charge in [0.2, 0.25) is 0 Å². The summed E-state index contributed by atoms with van der Waals surface area (Å²) in [4.78, 5) is 37.9. The van der Waals surface area contributed by atoms with Crippen LogP contribution in [0.5, 0.6) is 0 Å². The molecular formula is C59H106O6. The Hall–Kier alpha value is -2.63. The van der Waals surface area contributed by atoms with Crippen molar-refractivity contribution in [3.63, 3.8) is 0 Å². The van der Waals surface area contributed by atoms with Gasteiger partial charge < -0.3 is 14.2 Å². The molecule has 0 aromatic heterocycles. The summed E-state index contributed by atoms with van der Waals surface area (Å²) in [5, 5.41) is 0. The van der Waals surface area contributed by atoms with Crippen molar-refractivity contribution in [2.24, 2.45) is 0 Å². The molecule has 6 heteroatoms. The fourth-order valence-electron chi connectivity index (χ4n) is 8.03. The molecule has 0 saturated carbocycles. The van der Waals surface area contributed by atoms with Crippen molar-refractivity contribution in [1.29, 1.82) is 0 Å². The highest BCUT2D eigenvalue weighted by molar-refractivity contribution is 5.71. The largest absolute Gasteiger partial charge is 0.462 e. The van der Waals surface area contributed by atoms with Crippen LogP contribution in [0.25, 0.3) is 0 Å². The van der Waals surface area contributed by atoms with Crippen LogP contribution in [-0.4, -0.2) is 37.2 Å². The molecule has 0 N–H and O–H groups in total. The Bertz CT molecular complexity index is 1140. The number of unbranched alkanes of at least 4 members (excludes halogenated alkanes) is 32. The van der Waals surface area contributed by atoms with Gasteiger partial charge in [-0.05, 0) is 83.5 Å². The number of ether oxygens (including phenoxy) is 3. The molecule has 6 nitrogen and oxygen atoms in total. The van der Waals surface area contributed by atoms with E-state index in [1.54, 1.807) is 0 Å². The molecule has 0 aliphatic rings. The van der Waals surface area contributed by atoms with Gasteiger partial charge in [-0.2, -0.15) is 0 Å². The van der Waals surface area contributed by atoms with Crippen molar-refractivity contribution in [2.75, 3.05) is 13.2 Å². The molecule has 0 fully saturated rings. The third-order valence-corrected chi connectivity index (χ3v) is 12.3. The maximum atomic E-state index is 12.8. The van der Waals surface area contributed by atoms with E-state index in [-0.39, 0.29) is 31.1 Å². The molecule has 0 aliphatic heterocycles. The van der Waals surface area contributed by atoms with Gasteiger partial charge in [-0.15, -0.1) is 0 Å². The molecule has 1 unspecified atom stereocenters. The fourth-order valence-corrected chi connectivity index (χ4v) is 8.03. The van der Waals surface area contributed by atoms with Crippen LogP contribution in [-0.2, 0) is 28.6 Å². The molecule has 0 saturated heterocycles. The van der Waals surface area contributed by atoms with E-state index >= 15 is 0 Å². The summed E-state index contributed by atoms with van der Waals surface area (Å²) in [6, 6.07) is 0. The molecule has 1 atom stereocenters. The van der Waals surface area contributed by atoms with Gasteiger partial charge in [-0.1, -0.05) is 236 Å². The first kappa shape index (κ1) is 62.4. The molecular weight excluding hydrogens is 805 g/mol. The maximum absolute atomic E-state index is 12.8. The van der Waals surface area contributed by atoms with Crippen LogP contribution < -0.4 is 0 Å². The van der Waals surface area contributed by atoms with Gasteiger partial charge in [0.25, 0.3) is 0 Å². The Morgan fingerprint density at radius 1 is 0.308 bits per heavy atom. The molecule has 0 spiro atoms. The van der Waals surface area contributed by atoms with Gasteiger partial charge in [0.15, 0.2) is 6.10 Å². The van der Waals surface area contributed by atoms with E-state index < -0.39 is 6.10 Å². The number of hydrogen-bond acceptors (Lipinski definition) is 6. The van der Waals surface area contributed by atoms with E-state index in [0.29, 0.717) is 19.3 Å². The van der Waals surface area contributed by atoms with Crippen molar-refractivity contribution in [3.8, 4) is 0 Å². The zero-order valence-corrected chi connectivity index (χ0v) is 43.3. The molecule has 0 aromatic carbocycles. The minimum Gasteiger partial charge on any atom is -0.462 e. The van der Waals surface area contributed by atoms with Crippen LogP contribution in [0.4, 0.5) is 0 Å². The molecule has 0 radical (unpaired) electrons. The third kappa shape index (κ3) is 52.2. The Labute approximate surface area is 403 Å². The summed E-state index contributed by atoms with van der Waals surface area (Å²) in [7, 11) is 0. The van der Waals surface area contributed by atoms with Crippen molar-refractivity contribution in [2.45, 2.75) is 297 Å². The Morgan fingerprint density at radius 3 is 0.892 bits per heavy atom. The van der Waals surface area contributed by atoms with E-state index in [9.17, 15) is 14.4 Å². The minimum atomic E-state index is -0.775. The summed E-state index contributed by atoms with van der Waals surface area (Å²) in [5.41, 5.74) is 0. The SMILES string of the molecule is CCCCCC/C=C\CCCCCCCC(=O)OC(COC(=O)CCCCCCCCCCC)COC(=O)CCCCCCCCCCCC/C=C\C/C=C\C/C=C\CCCCCCC. The Kier molecular flexibility index (Phi) is 51.8. The van der Waals surface area contributed by atoms with Gasteiger partial charge in [0, 0.05) is 19.3 Å². The molecule has 0 rings (SSSR count). The Morgan fingerprint density at radius 2 is 0.554 bits per heavy atom. The second kappa shape index (κ2) is 54.0. The zero-order valence-electron chi connectivity index (χ0n) is 43.3. The highest BCUT2D eigenvalue weighted by Crippen LogP contribution is 2.15. The van der Waals surface area contributed by atoms with Crippen molar-refractivity contribution >= 4 is 17.9 Å². The van der Waals surface area contributed by atoms with Crippen LogP contribution >= 0.6 is 0 Å². The number of esters is 3. The first-order valence-electron chi connectivity index (χ1n) is 28.1. The molecule has 0 aliphatic carbocycles. The third-order valence-electron chi connectivity index (χ3n) is 12.3. The first-order chi connectivity index (χ1) is 32.0. The predicted molar refractivity (Wildman–Crippen MR) is 279 cm³/mol. The van der Waals surface area contributed by atoms with Crippen LogP contribution in [0.15, 0.2) is 48.6 Å². The average Bonchev–Trinajstić information content (AvgIpc) is 3.30. The lowest BCUT2D eigenvalue weighted by Gasteiger charge is -2.18. The van der Waals surface area contributed by atoms with Crippen LogP contribution in [0, 0.1) is 0 Å². The maximum Gasteiger partial charge on any atom is 0.306 e. The quantitative estimate of drug-likeness (QED) is 0.0262. The van der Waals surface area contributed by atoms with E-state index in [0.717, 1.165) is 83.5 Å². The normalized spacial score (nSPS) is 12.4. The standard InChI is InChI=1S/C59H106O6/c1-4-7-10-13-16-19-21-23-24-25-26-27-28-29-30-31-32-33-34-36-37-40-43-46-49-52-58(61)64-55-56(54-63-57(60)51-48-45-42-39-18-15-12-9-6-3)65-59(62)53-50-47-44-41-38-35-22-20-17-14-11-8-5-2/h20-23,25-26,28-29,56H,4-19,24,27,30-55H2,1-3H3/b22-20-,23-21-,26-25-,29-28-. The van der Waals surface area contributed by atoms with Crippen molar-refractivity contribution in [3.05, 3.63) is 48.6 Å². The second-order valence-electron chi connectivity index (χ2n) is 18.8. The van der Waals surface area contributed by atoms with E-state index in [1.807, 2.05) is 0 Å². The van der Waals surface area contributed by atoms with Crippen LogP contribution in [0.1, 0.15) is 290 Å². The van der Waals surface area contributed by atoms with Gasteiger partial charge in [0.1, 0.15) is 13.2 Å². The molecule has 65 heavy (non-hydrogen) atoms. The van der Waals surface area contributed by atoms with E-state index in [1.165, 1.54) is 167 Å². The zero-order chi connectivity index (χ0) is 47.2. The minimum absolute atomic E-state index is 0.0753. The Balaban J connectivity index is 4.20.